The zero-order valence-electron chi connectivity index (χ0n) is 11.6. The highest BCUT2D eigenvalue weighted by Gasteiger charge is 2.45. The lowest BCUT2D eigenvalue weighted by atomic mass is 10.00. The number of rotatable bonds is 3. The van der Waals surface area contributed by atoms with E-state index in [9.17, 15) is 22.8 Å². The molecule has 1 fully saturated rings. The number of carbonyl (C=O) groups excluding carboxylic acids is 2. The number of cyclic esters (lactones) is 1. The predicted octanol–water partition coefficient (Wildman–Crippen LogP) is 2.35. The molecule has 2 amide bonds. The van der Waals surface area contributed by atoms with E-state index in [4.69, 9.17) is 0 Å². The third kappa shape index (κ3) is 3.03. The number of imide groups is 1. The van der Waals surface area contributed by atoms with Gasteiger partial charge in [-0.3, -0.25) is 4.79 Å². The molecule has 1 saturated heterocycles. The summed E-state index contributed by atoms with van der Waals surface area (Å²) < 4.78 is 45.7. The number of carbonyl (C=O) groups is 2. The minimum Gasteiger partial charge on any atom is -0.447 e. The molecule has 1 unspecified atom stereocenters. The Morgan fingerprint density at radius 2 is 2.10 bits per heavy atom. The average molecular weight is 304 g/mol. The number of hydrogen-bond acceptors (Lipinski definition) is 3. The van der Waals surface area contributed by atoms with Crippen LogP contribution in [0.5, 0.6) is 0 Å². The molecule has 2 rings (SSSR count). The Bertz CT molecular complexity index is 565. The summed E-state index contributed by atoms with van der Waals surface area (Å²) >= 11 is 0. The molecule has 1 aromatic rings. The standard InChI is InChI=1S/C13H15F3N2O3/c1-8-3-4-10(17(8)2)9(13(14,15)16)7-11(19)18-5-6-21-12(18)20/h3-4,9H,5-7H2,1-2H3. The van der Waals surface area contributed by atoms with Crippen LogP contribution in [0.25, 0.3) is 0 Å². The monoisotopic (exact) mass is 304 g/mol. The van der Waals surface area contributed by atoms with Gasteiger partial charge in [0.05, 0.1) is 6.54 Å². The van der Waals surface area contributed by atoms with Crippen LogP contribution in [-0.2, 0) is 16.6 Å². The highest BCUT2D eigenvalue weighted by atomic mass is 19.4. The Balaban J connectivity index is 2.24. The van der Waals surface area contributed by atoms with Gasteiger partial charge in [0.1, 0.15) is 12.5 Å². The second-order valence-corrected chi connectivity index (χ2v) is 4.92. The van der Waals surface area contributed by atoms with Gasteiger partial charge in [-0.25, -0.2) is 9.69 Å². The summed E-state index contributed by atoms with van der Waals surface area (Å²) in [5.41, 5.74) is 0.660. The number of aromatic nitrogens is 1. The molecule has 0 aromatic carbocycles. The fourth-order valence-corrected chi connectivity index (χ4v) is 2.28. The number of aryl methyl sites for hydroxylation is 1. The van der Waals surface area contributed by atoms with E-state index in [-0.39, 0.29) is 18.8 Å². The number of halogens is 3. The van der Waals surface area contributed by atoms with Crippen LogP contribution >= 0.6 is 0 Å². The maximum atomic E-state index is 13.2. The fraction of sp³-hybridized carbons (Fsp3) is 0.538. The van der Waals surface area contributed by atoms with Crippen LogP contribution in [0.1, 0.15) is 23.7 Å². The van der Waals surface area contributed by atoms with Crippen molar-refractivity contribution in [3.63, 3.8) is 0 Å². The summed E-state index contributed by atoms with van der Waals surface area (Å²) in [7, 11) is 1.51. The number of amides is 2. The molecule has 0 bridgehead atoms. The summed E-state index contributed by atoms with van der Waals surface area (Å²) in [6.07, 6.45) is -6.27. The summed E-state index contributed by atoms with van der Waals surface area (Å²) in [5.74, 6) is -2.82. The minimum atomic E-state index is -4.57. The van der Waals surface area contributed by atoms with Gasteiger partial charge in [-0.15, -0.1) is 0 Å². The molecule has 1 aliphatic rings. The molecule has 0 aliphatic carbocycles. The summed E-state index contributed by atoms with van der Waals surface area (Å²) in [5, 5.41) is 0. The molecule has 0 spiro atoms. The van der Waals surface area contributed by atoms with E-state index in [2.05, 4.69) is 4.74 Å². The molecular weight excluding hydrogens is 289 g/mol. The van der Waals surface area contributed by atoms with Gasteiger partial charge in [0.2, 0.25) is 5.91 Å². The molecule has 0 radical (unpaired) electrons. The van der Waals surface area contributed by atoms with E-state index in [0.717, 1.165) is 0 Å². The van der Waals surface area contributed by atoms with E-state index in [1.807, 2.05) is 0 Å². The Morgan fingerprint density at radius 3 is 2.52 bits per heavy atom. The van der Waals surface area contributed by atoms with Crippen molar-refractivity contribution >= 4 is 12.0 Å². The molecule has 0 saturated carbocycles. The van der Waals surface area contributed by atoms with Gasteiger partial charge >= 0.3 is 12.3 Å². The number of alkyl halides is 3. The van der Waals surface area contributed by atoms with E-state index in [1.54, 1.807) is 13.0 Å². The fourth-order valence-electron chi connectivity index (χ4n) is 2.28. The highest BCUT2D eigenvalue weighted by Crippen LogP contribution is 2.38. The van der Waals surface area contributed by atoms with Gasteiger partial charge in [-0.05, 0) is 19.1 Å². The van der Waals surface area contributed by atoms with Crippen molar-refractivity contribution < 1.29 is 27.5 Å². The largest absolute Gasteiger partial charge is 0.447 e. The predicted molar refractivity (Wildman–Crippen MR) is 66.6 cm³/mol. The van der Waals surface area contributed by atoms with Crippen molar-refractivity contribution in [1.29, 1.82) is 0 Å². The van der Waals surface area contributed by atoms with Crippen molar-refractivity contribution in [2.75, 3.05) is 13.2 Å². The number of ether oxygens (including phenoxy) is 1. The van der Waals surface area contributed by atoms with Gasteiger partial charge in [0.15, 0.2) is 0 Å². The molecular formula is C13H15F3N2O3. The molecule has 1 atom stereocenters. The van der Waals surface area contributed by atoms with Crippen LogP contribution in [0.2, 0.25) is 0 Å². The molecule has 116 valence electrons. The lowest BCUT2D eigenvalue weighted by Gasteiger charge is -2.22. The highest BCUT2D eigenvalue weighted by molar-refractivity contribution is 5.93. The van der Waals surface area contributed by atoms with E-state index in [1.165, 1.54) is 17.7 Å². The van der Waals surface area contributed by atoms with E-state index < -0.39 is 30.5 Å². The van der Waals surface area contributed by atoms with Crippen molar-refractivity contribution in [1.82, 2.24) is 9.47 Å². The Kier molecular flexibility index (Phi) is 3.97. The maximum Gasteiger partial charge on any atom is 0.416 e. The summed E-state index contributed by atoms with van der Waals surface area (Å²) in [6.45, 7) is 1.69. The molecule has 2 heterocycles. The average Bonchev–Trinajstić information content (AvgIpc) is 2.94. The van der Waals surface area contributed by atoms with E-state index in [0.29, 0.717) is 10.6 Å². The third-order valence-corrected chi connectivity index (χ3v) is 3.60. The summed E-state index contributed by atoms with van der Waals surface area (Å²) in [6, 6.07) is 2.91. The van der Waals surface area contributed by atoms with Crippen molar-refractivity contribution in [3.05, 3.63) is 23.5 Å². The first-order chi connectivity index (χ1) is 9.71. The molecule has 1 aromatic heterocycles. The lowest BCUT2D eigenvalue weighted by molar-refractivity contribution is -0.160. The minimum absolute atomic E-state index is 0.000847. The van der Waals surface area contributed by atoms with Crippen LogP contribution in [0, 0.1) is 6.92 Å². The van der Waals surface area contributed by atoms with Gasteiger partial charge < -0.3 is 9.30 Å². The topological polar surface area (TPSA) is 51.5 Å². The Morgan fingerprint density at radius 1 is 1.43 bits per heavy atom. The van der Waals surface area contributed by atoms with Crippen LogP contribution in [0.15, 0.2) is 12.1 Å². The first-order valence-electron chi connectivity index (χ1n) is 6.38. The Hall–Kier alpha value is -1.99. The zero-order chi connectivity index (χ0) is 15.8. The SMILES string of the molecule is Cc1ccc(C(CC(=O)N2CCOC2=O)C(F)(F)F)n1C. The van der Waals surface area contributed by atoms with Gasteiger partial charge in [-0.2, -0.15) is 13.2 Å². The Labute approximate surface area is 119 Å². The van der Waals surface area contributed by atoms with Crippen LogP contribution in [0.4, 0.5) is 18.0 Å². The second-order valence-electron chi connectivity index (χ2n) is 4.92. The van der Waals surface area contributed by atoms with Crippen LogP contribution < -0.4 is 0 Å². The van der Waals surface area contributed by atoms with Crippen molar-refractivity contribution in [3.8, 4) is 0 Å². The molecule has 21 heavy (non-hydrogen) atoms. The number of hydrogen-bond donors (Lipinski definition) is 0. The molecule has 0 N–H and O–H groups in total. The number of nitrogens with zero attached hydrogens (tertiary/aromatic N) is 2. The third-order valence-electron chi connectivity index (χ3n) is 3.60. The molecule has 1 aliphatic heterocycles. The van der Waals surface area contributed by atoms with Crippen molar-refractivity contribution in [2.24, 2.45) is 7.05 Å². The first kappa shape index (κ1) is 15.4. The summed E-state index contributed by atoms with van der Waals surface area (Å²) in [4.78, 5) is 23.9. The zero-order valence-corrected chi connectivity index (χ0v) is 11.6. The van der Waals surface area contributed by atoms with Gasteiger partial charge in [0, 0.05) is 24.9 Å². The van der Waals surface area contributed by atoms with Gasteiger partial charge in [0.25, 0.3) is 0 Å². The van der Waals surface area contributed by atoms with Crippen LogP contribution in [-0.4, -0.2) is 40.8 Å². The second kappa shape index (κ2) is 5.42. The van der Waals surface area contributed by atoms with Gasteiger partial charge in [-0.1, -0.05) is 0 Å². The van der Waals surface area contributed by atoms with E-state index >= 15 is 0 Å². The van der Waals surface area contributed by atoms with Crippen molar-refractivity contribution in [2.45, 2.75) is 25.4 Å². The quantitative estimate of drug-likeness (QED) is 0.861. The first-order valence-corrected chi connectivity index (χ1v) is 6.38. The lowest BCUT2D eigenvalue weighted by Crippen LogP contribution is -2.35. The smallest absolute Gasteiger partial charge is 0.416 e. The molecule has 8 heteroatoms. The van der Waals surface area contributed by atoms with Crippen LogP contribution in [0.3, 0.4) is 0 Å². The maximum absolute atomic E-state index is 13.2. The molecule has 5 nitrogen and oxygen atoms in total. The normalized spacial score (nSPS) is 17.0.